The van der Waals surface area contributed by atoms with Gasteiger partial charge in [-0.05, 0) is 30.3 Å². The van der Waals surface area contributed by atoms with Crippen LogP contribution in [-0.2, 0) is 0 Å². The van der Waals surface area contributed by atoms with Crippen LogP contribution in [0.3, 0.4) is 0 Å². The molecule has 0 spiro atoms. The third-order valence-electron chi connectivity index (χ3n) is 2.03. The SMILES string of the molecule is Cl.Nc1cc(Cl)ccc1Oc1ccccc1Cl. The number of ether oxygens (including phenoxy) is 1. The minimum absolute atomic E-state index is 0. The Labute approximate surface area is 116 Å². The highest BCUT2D eigenvalue weighted by Gasteiger charge is 2.05. The fourth-order valence-electron chi connectivity index (χ4n) is 1.26. The summed E-state index contributed by atoms with van der Waals surface area (Å²) in [6, 6.07) is 12.3. The van der Waals surface area contributed by atoms with Gasteiger partial charge in [0.1, 0.15) is 11.5 Å². The Kier molecular flexibility index (Phi) is 4.94. The van der Waals surface area contributed by atoms with Gasteiger partial charge in [0.2, 0.25) is 0 Å². The molecule has 0 amide bonds. The number of anilines is 1. The van der Waals surface area contributed by atoms with E-state index in [-0.39, 0.29) is 12.4 Å². The molecular weight excluding hydrogens is 280 g/mol. The molecular formula is C12H10Cl3NO. The summed E-state index contributed by atoms with van der Waals surface area (Å²) in [5.41, 5.74) is 6.25. The number of benzene rings is 2. The van der Waals surface area contributed by atoms with Crippen LogP contribution in [0.4, 0.5) is 5.69 Å². The van der Waals surface area contributed by atoms with Crippen LogP contribution >= 0.6 is 35.6 Å². The first-order chi connectivity index (χ1) is 7.66. The fraction of sp³-hybridized carbons (Fsp3) is 0. The van der Waals surface area contributed by atoms with E-state index >= 15 is 0 Å². The smallest absolute Gasteiger partial charge is 0.150 e. The largest absolute Gasteiger partial charge is 0.454 e. The van der Waals surface area contributed by atoms with Crippen LogP contribution in [0.15, 0.2) is 42.5 Å². The second kappa shape index (κ2) is 6.01. The van der Waals surface area contributed by atoms with E-state index in [0.717, 1.165) is 0 Å². The van der Waals surface area contributed by atoms with Gasteiger partial charge in [0.05, 0.1) is 10.7 Å². The van der Waals surface area contributed by atoms with Crippen molar-refractivity contribution in [1.29, 1.82) is 0 Å². The van der Waals surface area contributed by atoms with Crippen molar-refractivity contribution < 1.29 is 4.74 Å². The van der Waals surface area contributed by atoms with E-state index < -0.39 is 0 Å². The molecule has 2 aromatic carbocycles. The summed E-state index contributed by atoms with van der Waals surface area (Å²) in [4.78, 5) is 0. The summed E-state index contributed by atoms with van der Waals surface area (Å²) in [6.07, 6.45) is 0. The number of para-hydroxylation sites is 1. The number of halogens is 3. The summed E-state index contributed by atoms with van der Waals surface area (Å²) in [7, 11) is 0. The molecule has 0 saturated carbocycles. The number of hydrogen-bond acceptors (Lipinski definition) is 2. The van der Waals surface area contributed by atoms with Gasteiger partial charge in [0, 0.05) is 5.02 Å². The van der Waals surface area contributed by atoms with Crippen molar-refractivity contribution in [1.82, 2.24) is 0 Å². The van der Waals surface area contributed by atoms with Gasteiger partial charge in [-0.25, -0.2) is 0 Å². The van der Waals surface area contributed by atoms with Crippen LogP contribution < -0.4 is 10.5 Å². The molecule has 0 radical (unpaired) electrons. The summed E-state index contributed by atoms with van der Waals surface area (Å²) >= 11 is 11.8. The van der Waals surface area contributed by atoms with E-state index in [2.05, 4.69) is 0 Å². The molecule has 0 bridgehead atoms. The van der Waals surface area contributed by atoms with Gasteiger partial charge < -0.3 is 10.5 Å². The monoisotopic (exact) mass is 289 g/mol. The van der Waals surface area contributed by atoms with Crippen LogP contribution in [0.5, 0.6) is 11.5 Å². The Hall–Kier alpha value is -1.09. The van der Waals surface area contributed by atoms with Gasteiger partial charge in [0.25, 0.3) is 0 Å². The lowest BCUT2D eigenvalue weighted by molar-refractivity contribution is 0.485. The molecule has 2 rings (SSSR count). The quantitative estimate of drug-likeness (QED) is 0.807. The Morgan fingerprint density at radius 1 is 0.941 bits per heavy atom. The van der Waals surface area contributed by atoms with Crippen LogP contribution in [0, 0.1) is 0 Å². The lowest BCUT2D eigenvalue weighted by atomic mass is 10.3. The van der Waals surface area contributed by atoms with Crippen LogP contribution in [0.2, 0.25) is 10.0 Å². The first kappa shape index (κ1) is 14.0. The minimum Gasteiger partial charge on any atom is -0.454 e. The average molecular weight is 291 g/mol. The molecule has 2 N–H and O–H groups in total. The topological polar surface area (TPSA) is 35.2 Å². The van der Waals surface area contributed by atoms with E-state index in [0.29, 0.717) is 27.2 Å². The fourth-order valence-corrected chi connectivity index (χ4v) is 1.61. The second-order valence-electron chi connectivity index (χ2n) is 3.21. The molecule has 90 valence electrons. The van der Waals surface area contributed by atoms with Crippen LogP contribution in [0.1, 0.15) is 0 Å². The van der Waals surface area contributed by atoms with Crippen LogP contribution in [-0.4, -0.2) is 0 Å². The van der Waals surface area contributed by atoms with Gasteiger partial charge in [-0.2, -0.15) is 0 Å². The average Bonchev–Trinajstić information content (AvgIpc) is 2.25. The van der Waals surface area contributed by atoms with Crippen molar-refractivity contribution in [3.05, 3.63) is 52.5 Å². The normalized spacial score (nSPS) is 9.53. The zero-order chi connectivity index (χ0) is 11.5. The minimum atomic E-state index is 0. The van der Waals surface area contributed by atoms with Crippen molar-refractivity contribution in [2.45, 2.75) is 0 Å². The summed E-state index contributed by atoms with van der Waals surface area (Å²) in [6.45, 7) is 0. The Morgan fingerprint density at radius 2 is 1.65 bits per heavy atom. The maximum Gasteiger partial charge on any atom is 0.150 e. The molecule has 0 aromatic heterocycles. The van der Waals surface area contributed by atoms with Crippen molar-refractivity contribution in [3.63, 3.8) is 0 Å². The summed E-state index contributed by atoms with van der Waals surface area (Å²) in [5.74, 6) is 1.11. The molecule has 5 heteroatoms. The third-order valence-corrected chi connectivity index (χ3v) is 2.58. The maximum absolute atomic E-state index is 5.97. The predicted octanol–water partition coefficient (Wildman–Crippen LogP) is 4.79. The second-order valence-corrected chi connectivity index (χ2v) is 4.06. The summed E-state index contributed by atoms with van der Waals surface area (Å²) in [5, 5.41) is 1.11. The lowest BCUT2D eigenvalue weighted by Gasteiger charge is -2.09. The number of nitrogen functional groups attached to an aromatic ring is 1. The third kappa shape index (κ3) is 3.43. The van der Waals surface area contributed by atoms with E-state index in [4.69, 9.17) is 33.7 Å². The number of rotatable bonds is 2. The first-order valence-electron chi connectivity index (χ1n) is 4.64. The molecule has 0 saturated heterocycles. The molecule has 0 unspecified atom stereocenters. The van der Waals surface area contributed by atoms with Crippen LogP contribution in [0.25, 0.3) is 0 Å². The zero-order valence-corrected chi connectivity index (χ0v) is 11.0. The molecule has 0 aliphatic heterocycles. The van der Waals surface area contributed by atoms with E-state index in [1.54, 1.807) is 30.3 Å². The Balaban J connectivity index is 0.00000144. The van der Waals surface area contributed by atoms with Gasteiger partial charge >= 0.3 is 0 Å². The molecule has 0 fully saturated rings. The van der Waals surface area contributed by atoms with Crippen molar-refractivity contribution in [2.24, 2.45) is 0 Å². The van der Waals surface area contributed by atoms with Crippen molar-refractivity contribution in [3.8, 4) is 11.5 Å². The maximum atomic E-state index is 5.97. The number of hydrogen-bond donors (Lipinski definition) is 1. The molecule has 2 nitrogen and oxygen atoms in total. The van der Waals surface area contributed by atoms with Gasteiger partial charge in [-0.3, -0.25) is 0 Å². The Bertz CT molecular complexity index is 517. The number of nitrogens with two attached hydrogens (primary N) is 1. The highest BCUT2D eigenvalue weighted by Crippen LogP contribution is 2.33. The Morgan fingerprint density at radius 3 is 2.29 bits per heavy atom. The molecule has 0 atom stereocenters. The predicted molar refractivity (Wildman–Crippen MR) is 74.6 cm³/mol. The van der Waals surface area contributed by atoms with E-state index in [1.807, 2.05) is 12.1 Å². The molecule has 0 heterocycles. The van der Waals surface area contributed by atoms with Gasteiger partial charge in [0.15, 0.2) is 0 Å². The zero-order valence-electron chi connectivity index (χ0n) is 8.69. The first-order valence-corrected chi connectivity index (χ1v) is 5.40. The molecule has 2 aromatic rings. The van der Waals surface area contributed by atoms with Crippen molar-refractivity contribution in [2.75, 3.05) is 5.73 Å². The molecule has 0 aliphatic carbocycles. The molecule has 0 aliphatic rings. The summed E-state index contributed by atoms with van der Waals surface area (Å²) < 4.78 is 5.58. The molecule has 17 heavy (non-hydrogen) atoms. The van der Waals surface area contributed by atoms with Gasteiger partial charge in [-0.1, -0.05) is 35.3 Å². The highest BCUT2D eigenvalue weighted by atomic mass is 35.5. The highest BCUT2D eigenvalue weighted by molar-refractivity contribution is 6.32. The van der Waals surface area contributed by atoms with Crippen molar-refractivity contribution >= 4 is 41.3 Å². The van der Waals surface area contributed by atoms with E-state index in [1.165, 1.54) is 0 Å². The van der Waals surface area contributed by atoms with E-state index in [9.17, 15) is 0 Å². The lowest BCUT2D eigenvalue weighted by Crippen LogP contribution is -1.92. The standard InChI is InChI=1S/C12H9Cl2NO.ClH/c13-8-5-6-12(10(15)7-8)16-11-4-2-1-3-9(11)14;/h1-7H,15H2;1H. The van der Waals surface area contributed by atoms with Gasteiger partial charge in [-0.15, -0.1) is 12.4 Å².